The van der Waals surface area contributed by atoms with Crippen molar-refractivity contribution in [2.24, 2.45) is 0 Å². The lowest BCUT2D eigenvalue weighted by molar-refractivity contribution is -0.141. The van der Waals surface area contributed by atoms with E-state index < -0.39 is 0 Å². The van der Waals surface area contributed by atoms with Crippen LogP contribution in [0, 0.1) is 6.92 Å². The molecule has 7 heteroatoms. The normalized spacial score (nSPS) is 13.8. The Morgan fingerprint density at radius 3 is 2.70 bits per heavy atom. The van der Waals surface area contributed by atoms with E-state index in [1.807, 2.05) is 37.3 Å². The van der Waals surface area contributed by atoms with Gasteiger partial charge in [-0.3, -0.25) is 14.6 Å². The van der Waals surface area contributed by atoms with Gasteiger partial charge in [0.25, 0.3) is 5.91 Å². The van der Waals surface area contributed by atoms with Gasteiger partial charge in [-0.25, -0.2) is 9.69 Å². The van der Waals surface area contributed by atoms with Crippen molar-refractivity contribution in [2.45, 2.75) is 19.8 Å². The first-order chi connectivity index (χ1) is 13.1. The molecule has 1 fully saturated rings. The summed E-state index contributed by atoms with van der Waals surface area (Å²) in [6, 6.07) is 9.65. The summed E-state index contributed by atoms with van der Waals surface area (Å²) in [5, 5.41) is 7.40. The summed E-state index contributed by atoms with van der Waals surface area (Å²) in [5.41, 5.74) is 2.14. The average molecular weight is 368 g/mol. The van der Waals surface area contributed by atoms with Gasteiger partial charge >= 0.3 is 0 Å². The fourth-order valence-corrected chi connectivity index (χ4v) is 3.13. The summed E-state index contributed by atoms with van der Waals surface area (Å²) in [7, 11) is 0. The van der Waals surface area contributed by atoms with E-state index in [4.69, 9.17) is 4.74 Å². The molecule has 1 aliphatic rings. The molecular formula is C20H24N4O3. The van der Waals surface area contributed by atoms with Crippen LogP contribution in [0.4, 0.5) is 0 Å². The number of nitrogens with zero attached hydrogens (tertiary/aromatic N) is 4. The van der Waals surface area contributed by atoms with Crippen LogP contribution in [0.2, 0.25) is 0 Å². The fourth-order valence-electron chi connectivity index (χ4n) is 3.13. The number of hydrazine groups is 1. The Hall–Kier alpha value is -2.93. The molecule has 142 valence electrons. The number of aromatic nitrogens is 2. The van der Waals surface area contributed by atoms with E-state index in [1.165, 1.54) is 10.0 Å². The Labute approximate surface area is 158 Å². The minimum absolute atomic E-state index is 0.113. The number of carbonyl (C=O) groups excluding carboxylic acids is 2. The molecule has 27 heavy (non-hydrogen) atoms. The first kappa shape index (κ1) is 18.8. The van der Waals surface area contributed by atoms with Gasteiger partial charge in [-0.05, 0) is 25.5 Å². The van der Waals surface area contributed by atoms with Gasteiger partial charge in [-0.1, -0.05) is 24.3 Å². The zero-order chi connectivity index (χ0) is 19.2. The molecule has 1 aromatic carbocycles. The highest BCUT2D eigenvalue weighted by atomic mass is 16.5. The van der Waals surface area contributed by atoms with E-state index in [-0.39, 0.29) is 18.2 Å². The number of hydrogen-bond donors (Lipinski definition) is 0. The largest absolute Gasteiger partial charge is 0.377 e. The van der Waals surface area contributed by atoms with Gasteiger partial charge in [-0.15, -0.1) is 6.58 Å². The quantitative estimate of drug-likeness (QED) is 0.556. The minimum atomic E-state index is -0.201. The predicted molar refractivity (Wildman–Crippen MR) is 101 cm³/mol. The van der Waals surface area contributed by atoms with Gasteiger partial charge in [0.2, 0.25) is 5.91 Å². The van der Waals surface area contributed by atoms with Crippen molar-refractivity contribution < 1.29 is 14.3 Å². The maximum Gasteiger partial charge on any atom is 0.275 e. The molecule has 0 atom stereocenters. The Kier molecular flexibility index (Phi) is 6.03. The van der Waals surface area contributed by atoms with Gasteiger partial charge in [-0.2, -0.15) is 5.10 Å². The van der Waals surface area contributed by atoms with Crippen LogP contribution in [-0.2, 0) is 9.53 Å². The fraction of sp³-hybridized carbons (Fsp3) is 0.350. The maximum atomic E-state index is 13.0. The highest BCUT2D eigenvalue weighted by molar-refractivity contribution is 5.96. The molecule has 0 N–H and O–H groups in total. The van der Waals surface area contributed by atoms with Crippen molar-refractivity contribution in [2.75, 3.05) is 26.3 Å². The zero-order valence-corrected chi connectivity index (χ0v) is 15.5. The molecule has 2 heterocycles. The molecular weight excluding hydrogens is 344 g/mol. The second-order valence-electron chi connectivity index (χ2n) is 6.30. The zero-order valence-electron chi connectivity index (χ0n) is 15.5. The lowest BCUT2D eigenvalue weighted by atomic mass is 10.2. The van der Waals surface area contributed by atoms with Crippen LogP contribution in [0.1, 0.15) is 28.9 Å². The summed E-state index contributed by atoms with van der Waals surface area (Å²) in [6.45, 7) is 7.22. The first-order valence-corrected chi connectivity index (χ1v) is 9.04. The summed E-state index contributed by atoms with van der Waals surface area (Å²) in [4.78, 5) is 25.5. The molecule has 0 saturated carbocycles. The molecule has 1 aromatic heterocycles. The monoisotopic (exact) mass is 368 g/mol. The minimum Gasteiger partial charge on any atom is -0.377 e. The van der Waals surface area contributed by atoms with Gasteiger partial charge in [0, 0.05) is 13.1 Å². The van der Waals surface area contributed by atoms with E-state index in [9.17, 15) is 9.59 Å². The van der Waals surface area contributed by atoms with Crippen LogP contribution in [0.3, 0.4) is 0 Å². The summed E-state index contributed by atoms with van der Waals surface area (Å²) >= 11 is 0. The third-order valence-corrected chi connectivity index (χ3v) is 4.49. The molecule has 2 amide bonds. The SMILES string of the molecule is C=CCOCCC(=O)N1CCCN1C(=O)c1cnn(-c2ccccc2)c1C. The molecule has 0 unspecified atom stereocenters. The number of rotatable bonds is 7. The number of amides is 2. The smallest absolute Gasteiger partial charge is 0.275 e. The van der Waals surface area contributed by atoms with Crippen LogP contribution in [0.5, 0.6) is 0 Å². The predicted octanol–water partition coefficient (Wildman–Crippen LogP) is 2.36. The molecule has 3 rings (SSSR count). The molecule has 0 aliphatic carbocycles. The third-order valence-electron chi connectivity index (χ3n) is 4.49. The Morgan fingerprint density at radius 2 is 1.96 bits per heavy atom. The number of para-hydroxylation sites is 1. The Bertz CT molecular complexity index is 816. The van der Waals surface area contributed by atoms with E-state index in [0.29, 0.717) is 31.9 Å². The standard InChI is InChI=1S/C20H24N4O3/c1-3-13-27-14-10-19(25)22-11-7-12-23(22)20(26)18-15-21-24(16(18)2)17-8-5-4-6-9-17/h3-6,8-9,15H,1,7,10-14H2,2H3. The van der Waals surface area contributed by atoms with Crippen LogP contribution in [0.15, 0.2) is 49.2 Å². The van der Waals surface area contributed by atoms with Gasteiger partial charge in [0.15, 0.2) is 0 Å². The van der Waals surface area contributed by atoms with E-state index in [1.54, 1.807) is 17.0 Å². The van der Waals surface area contributed by atoms with Gasteiger partial charge in [0.1, 0.15) is 0 Å². The summed E-state index contributed by atoms with van der Waals surface area (Å²) in [6.07, 6.45) is 4.21. The van der Waals surface area contributed by atoms with Crippen LogP contribution >= 0.6 is 0 Å². The molecule has 7 nitrogen and oxygen atoms in total. The number of benzene rings is 1. The number of carbonyl (C=O) groups is 2. The van der Waals surface area contributed by atoms with Crippen LogP contribution in [0.25, 0.3) is 5.69 Å². The molecule has 1 aliphatic heterocycles. The van der Waals surface area contributed by atoms with Crippen molar-refractivity contribution in [3.8, 4) is 5.69 Å². The topological polar surface area (TPSA) is 67.7 Å². The number of hydrogen-bond acceptors (Lipinski definition) is 4. The second kappa shape index (κ2) is 8.64. The second-order valence-corrected chi connectivity index (χ2v) is 6.30. The highest BCUT2D eigenvalue weighted by Crippen LogP contribution is 2.20. The lowest BCUT2D eigenvalue weighted by Crippen LogP contribution is -2.45. The molecule has 0 radical (unpaired) electrons. The highest BCUT2D eigenvalue weighted by Gasteiger charge is 2.32. The molecule has 0 bridgehead atoms. The van der Waals surface area contributed by atoms with Crippen molar-refractivity contribution >= 4 is 11.8 Å². The maximum absolute atomic E-state index is 13.0. The van der Waals surface area contributed by atoms with Crippen molar-refractivity contribution in [1.82, 2.24) is 19.8 Å². The third kappa shape index (κ3) is 4.09. The Morgan fingerprint density at radius 1 is 1.22 bits per heavy atom. The van der Waals surface area contributed by atoms with Crippen molar-refractivity contribution in [3.63, 3.8) is 0 Å². The summed E-state index contributed by atoms with van der Waals surface area (Å²) < 4.78 is 7.02. The van der Waals surface area contributed by atoms with Crippen LogP contribution in [-0.4, -0.2) is 57.9 Å². The molecule has 1 saturated heterocycles. The van der Waals surface area contributed by atoms with Crippen LogP contribution < -0.4 is 0 Å². The van der Waals surface area contributed by atoms with Gasteiger partial charge < -0.3 is 4.74 Å². The van der Waals surface area contributed by atoms with E-state index in [0.717, 1.165) is 17.8 Å². The lowest BCUT2D eigenvalue weighted by Gasteiger charge is -2.27. The van der Waals surface area contributed by atoms with Crippen molar-refractivity contribution in [1.29, 1.82) is 0 Å². The average Bonchev–Trinajstić information content (AvgIpc) is 3.32. The van der Waals surface area contributed by atoms with E-state index >= 15 is 0 Å². The Balaban J connectivity index is 1.72. The van der Waals surface area contributed by atoms with E-state index in [2.05, 4.69) is 11.7 Å². The summed E-state index contributed by atoms with van der Waals surface area (Å²) in [5.74, 6) is -0.314. The number of ether oxygens (including phenoxy) is 1. The van der Waals surface area contributed by atoms with Gasteiger partial charge in [0.05, 0.1) is 42.8 Å². The van der Waals surface area contributed by atoms with Crippen molar-refractivity contribution in [3.05, 3.63) is 60.4 Å². The first-order valence-electron chi connectivity index (χ1n) is 9.04. The molecule has 2 aromatic rings. The molecule has 0 spiro atoms.